The van der Waals surface area contributed by atoms with Crippen LogP contribution in [0.4, 0.5) is 11.6 Å². The molecule has 0 saturated carbocycles. The summed E-state index contributed by atoms with van der Waals surface area (Å²) in [6, 6.07) is 15.5. The Bertz CT molecular complexity index is 1020. The molecule has 128 valence electrons. The number of para-hydroxylation sites is 1. The molecule has 0 bridgehead atoms. The maximum atomic E-state index is 5.24. The van der Waals surface area contributed by atoms with Crippen LogP contribution in [0, 0.1) is 0 Å². The van der Waals surface area contributed by atoms with Gasteiger partial charge < -0.3 is 10.1 Å². The second-order valence-corrected chi connectivity index (χ2v) is 5.54. The minimum Gasteiger partial charge on any atom is -0.495 e. The Morgan fingerprint density at radius 1 is 1.00 bits per heavy atom. The third kappa shape index (κ3) is 3.36. The van der Waals surface area contributed by atoms with Crippen molar-refractivity contribution < 1.29 is 4.74 Å². The predicted octanol–water partition coefficient (Wildman–Crippen LogP) is 3.68. The predicted molar refractivity (Wildman–Crippen MR) is 99.1 cm³/mol. The van der Waals surface area contributed by atoms with Gasteiger partial charge in [-0.25, -0.2) is 0 Å². The van der Waals surface area contributed by atoms with Crippen LogP contribution in [0.1, 0.15) is 0 Å². The number of hydrogen-bond acceptors (Lipinski definition) is 6. The van der Waals surface area contributed by atoms with Gasteiger partial charge in [-0.15, -0.1) is 5.10 Å². The van der Waals surface area contributed by atoms with Crippen molar-refractivity contribution >= 4 is 11.6 Å². The molecule has 0 spiro atoms. The van der Waals surface area contributed by atoms with Crippen LogP contribution in [0.2, 0.25) is 0 Å². The van der Waals surface area contributed by atoms with Gasteiger partial charge >= 0.3 is 0 Å². The summed E-state index contributed by atoms with van der Waals surface area (Å²) < 4.78 is 5.24. The lowest BCUT2D eigenvalue weighted by Gasteiger charge is -2.05. The zero-order valence-corrected chi connectivity index (χ0v) is 14.0. The number of benzene rings is 1. The van der Waals surface area contributed by atoms with Crippen LogP contribution in [0.3, 0.4) is 0 Å². The molecule has 4 rings (SSSR count). The molecule has 0 amide bonds. The van der Waals surface area contributed by atoms with Crippen molar-refractivity contribution in [2.45, 2.75) is 0 Å². The lowest BCUT2D eigenvalue weighted by molar-refractivity contribution is 0.413. The summed E-state index contributed by atoms with van der Waals surface area (Å²) in [5.74, 6) is 1.78. The third-order valence-electron chi connectivity index (χ3n) is 3.80. The van der Waals surface area contributed by atoms with Gasteiger partial charge in [0.1, 0.15) is 11.4 Å². The molecular weight excluding hydrogens is 328 g/mol. The Morgan fingerprint density at radius 2 is 1.88 bits per heavy atom. The van der Waals surface area contributed by atoms with Crippen LogP contribution in [0.25, 0.3) is 22.6 Å². The van der Waals surface area contributed by atoms with Crippen molar-refractivity contribution in [3.8, 4) is 28.4 Å². The van der Waals surface area contributed by atoms with E-state index >= 15 is 0 Å². The maximum absolute atomic E-state index is 5.24. The number of aromatic nitrogens is 5. The summed E-state index contributed by atoms with van der Waals surface area (Å²) in [6.07, 6.45) is 5.19. The van der Waals surface area contributed by atoms with Gasteiger partial charge in [0, 0.05) is 23.6 Å². The molecule has 3 heterocycles. The van der Waals surface area contributed by atoms with Gasteiger partial charge in [0.2, 0.25) is 5.95 Å². The van der Waals surface area contributed by atoms with Crippen LogP contribution in [-0.4, -0.2) is 32.3 Å². The number of nitrogens with zero attached hydrogens (tertiary/aromatic N) is 4. The van der Waals surface area contributed by atoms with E-state index < -0.39 is 0 Å². The van der Waals surface area contributed by atoms with E-state index in [-0.39, 0.29) is 0 Å². The molecule has 3 aromatic heterocycles. The lowest BCUT2D eigenvalue weighted by Crippen LogP contribution is -1.92. The second kappa shape index (κ2) is 7.02. The minimum atomic E-state index is 0.487. The highest BCUT2D eigenvalue weighted by Crippen LogP contribution is 2.25. The molecule has 0 saturated heterocycles. The third-order valence-corrected chi connectivity index (χ3v) is 3.80. The quantitative estimate of drug-likeness (QED) is 0.574. The van der Waals surface area contributed by atoms with Crippen molar-refractivity contribution in [1.82, 2.24) is 25.1 Å². The van der Waals surface area contributed by atoms with Crippen molar-refractivity contribution in [2.24, 2.45) is 0 Å². The molecule has 2 N–H and O–H groups in total. The second-order valence-electron chi connectivity index (χ2n) is 5.54. The summed E-state index contributed by atoms with van der Waals surface area (Å²) >= 11 is 0. The van der Waals surface area contributed by atoms with E-state index in [1.807, 2.05) is 48.5 Å². The fourth-order valence-electron chi connectivity index (χ4n) is 2.51. The SMILES string of the molecule is COc1cncc(-c2ccnc(-c3nc(Nc4ccccc4)n[nH]3)c2)c1. The van der Waals surface area contributed by atoms with E-state index in [2.05, 4.69) is 30.5 Å². The zero-order valence-electron chi connectivity index (χ0n) is 14.0. The molecule has 0 atom stereocenters. The zero-order chi connectivity index (χ0) is 17.8. The number of anilines is 2. The molecule has 0 radical (unpaired) electrons. The Kier molecular flexibility index (Phi) is 4.26. The maximum Gasteiger partial charge on any atom is 0.246 e. The Balaban J connectivity index is 1.61. The fourth-order valence-corrected chi connectivity index (χ4v) is 2.51. The normalized spacial score (nSPS) is 10.5. The average molecular weight is 344 g/mol. The monoisotopic (exact) mass is 344 g/mol. The van der Waals surface area contributed by atoms with Crippen LogP contribution in [0.15, 0.2) is 67.1 Å². The van der Waals surface area contributed by atoms with E-state index in [0.29, 0.717) is 23.2 Å². The highest BCUT2D eigenvalue weighted by Gasteiger charge is 2.09. The number of nitrogens with one attached hydrogen (secondary N) is 2. The number of methoxy groups -OCH3 is 1. The van der Waals surface area contributed by atoms with Gasteiger partial charge in [-0.3, -0.25) is 15.1 Å². The van der Waals surface area contributed by atoms with Crippen LogP contribution in [-0.2, 0) is 0 Å². The van der Waals surface area contributed by atoms with Crippen molar-refractivity contribution in [3.63, 3.8) is 0 Å². The molecule has 1 aromatic carbocycles. The van der Waals surface area contributed by atoms with Crippen molar-refractivity contribution in [1.29, 1.82) is 0 Å². The largest absolute Gasteiger partial charge is 0.495 e. The highest BCUT2D eigenvalue weighted by molar-refractivity contribution is 5.68. The molecule has 0 aliphatic heterocycles. The van der Waals surface area contributed by atoms with Gasteiger partial charge in [0.25, 0.3) is 0 Å². The van der Waals surface area contributed by atoms with E-state index in [1.54, 1.807) is 25.7 Å². The molecule has 0 unspecified atom stereocenters. The van der Waals surface area contributed by atoms with Crippen LogP contribution >= 0.6 is 0 Å². The van der Waals surface area contributed by atoms with E-state index in [0.717, 1.165) is 16.8 Å². The number of rotatable bonds is 5. The smallest absolute Gasteiger partial charge is 0.246 e. The number of aromatic amines is 1. The standard InChI is InChI=1S/C19H16N6O/c1-26-16-9-14(11-20-12-16)13-7-8-21-17(10-13)18-23-19(25-24-18)22-15-5-3-2-4-6-15/h2-12H,1H3,(H2,22,23,24,25). The molecule has 26 heavy (non-hydrogen) atoms. The van der Waals surface area contributed by atoms with Crippen molar-refractivity contribution in [2.75, 3.05) is 12.4 Å². The highest BCUT2D eigenvalue weighted by atomic mass is 16.5. The Morgan fingerprint density at radius 3 is 2.73 bits per heavy atom. The average Bonchev–Trinajstić information content (AvgIpc) is 3.17. The molecule has 7 nitrogen and oxygen atoms in total. The molecule has 0 aliphatic rings. The minimum absolute atomic E-state index is 0.487. The van der Waals surface area contributed by atoms with Gasteiger partial charge in [-0.2, -0.15) is 4.98 Å². The topological polar surface area (TPSA) is 88.6 Å². The number of pyridine rings is 2. The first kappa shape index (κ1) is 15.8. The number of H-pyrrole nitrogens is 1. The first-order chi connectivity index (χ1) is 12.8. The molecule has 0 aliphatic carbocycles. The summed E-state index contributed by atoms with van der Waals surface area (Å²) in [5.41, 5.74) is 3.52. The Hall–Kier alpha value is -3.74. The van der Waals surface area contributed by atoms with E-state index in [9.17, 15) is 0 Å². The van der Waals surface area contributed by atoms with E-state index in [4.69, 9.17) is 4.74 Å². The number of ether oxygens (including phenoxy) is 1. The fraction of sp³-hybridized carbons (Fsp3) is 0.0526. The molecule has 0 fully saturated rings. The first-order valence-corrected chi connectivity index (χ1v) is 8.02. The summed E-state index contributed by atoms with van der Waals surface area (Å²) in [7, 11) is 1.62. The van der Waals surface area contributed by atoms with Crippen LogP contribution < -0.4 is 10.1 Å². The summed E-state index contributed by atoms with van der Waals surface area (Å²) in [4.78, 5) is 13.0. The Labute approximate surface area is 150 Å². The molecular formula is C19H16N6O. The first-order valence-electron chi connectivity index (χ1n) is 8.02. The van der Waals surface area contributed by atoms with Crippen molar-refractivity contribution in [3.05, 3.63) is 67.1 Å². The van der Waals surface area contributed by atoms with Gasteiger partial charge in [0.15, 0.2) is 5.82 Å². The van der Waals surface area contributed by atoms with Gasteiger partial charge in [-0.05, 0) is 35.9 Å². The summed E-state index contributed by atoms with van der Waals surface area (Å²) in [5, 5.41) is 10.3. The van der Waals surface area contributed by atoms with E-state index in [1.165, 1.54) is 0 Å². The molecule has 7 heteroatoms. The summed E-state index contributed by atoms with van der Waals surface area (Å²) in [6.45, 7) is 0. The van der Waals surface area contributed by atoms with Gasteiger partial charge in [0.05, 0.1) is 13.3 Å². The van der Waals surface area contributed by atoms with Crippen LogP contribution in [0.5, 0.6) is 5.75 Å². The number of hydrogen-bond donors (Lipinski definition) is 2. The van der Waals surface area contributed by atoms with Gasteiger partial charge in [-0.1, -0.05) is 18.2 Å². The lowest BCUT2D eigenvalue weighted by atomic mass is 10.1. The molecule has 4 aromatic rings.